The third kappa shape index (κ3) is 2.25. The van der Waals surface area contributed by atoms with Gasteiger partial charge in [-0.2, -0.15) is 0 Å². The summed E-state index contributed by atoms with van der Waals surface area (Å²) in [5, 5.41) is 4.22. The van der Waals surface area contributed by atoms with Crippen molar-refractivity contribution < 1.29 is 4.42 Å². The second-order valence-corrected chi connectivity index (χ2v) is 4.91. The van der Waals surface area contributed by atoms with Gasteiger partial charge in [-0.3, -0.25) is 0 Å². The van der Waals surface area contributed by atoms with Crippen LogP contribution in [0.15, 0.2) is 34.9 Å². The Morgan fingerprint density at radius 1 is 1.20 bits per heavy atom. The summed E-state index contributed by atoms with van der Waals surface area (Å²) in [4.78, 5) is 8.79. The second-order valence-electron chi connectivity index (χ2n) is 4.91. The molecule has 3 rings (SSSR count). The maximum atomic E-state index is 5.90. The maximum absolute atomic E-state index is 5.90. The summed E-state index contributed by atoms with van der Waals surface area (Å²) in [6.07, 6.45) is 1.82. The average molecular weight is 267 g/mol. The number of rotatable bonds is 3. The smallest absolute Gasteiger partial charge is 0.223 e. The number of nitrogens with zero attached hydrogens (tertiary/aromatic N) is 2. The fourth-order valence-corrected chi connectivity index (χ4v) is 2.21. The first-order valence-electron chi connectivity index (χ1n) is 6.75. The van der Waals surface area contributed by atoms with Crippen LogP contribution in [0.3, 0.4) is 0 Å². The van der Waals surface area contributed by atoms with Gasteiger partial charge in [0, 0.05) is 18.1 Å². The van der Waals surface area contributed by atoms with Crippen LogP contribution in [0.1, 0.15) is 18.1 Å². The van der Waals surface area contributed by atoms with Gasteiger partial charge in [0.2, 0.25) is 5.95 Å². The molecule has 0 fully saturated rings. The van der Waals surface area contributed by atoms with E-state index in [-0.39, 0.29) is 0 Å². The number of aryl methyl sites for hydroxylation is 2. The van der Waals surface area contributed by atoms with E-state index in [1.807, 2.05) is 38.2 Å². The molecule has 0 bridgehead atoms. The molecule has 3 aromatic rings. The minimum atomic E-state index is 0.629. The van der Waals surface area contributed by atoms with Gasteiger partial charge in [0.05, 0.1) is 0 Å². The van der Waals surface area contributed by atoms with Gasteiger partial charge in [0.15, 0.2) is 5.76 Å². The van der Waals surface area contributed by atoms with Crippen LogP contribution in [0.4, 0.5) is 5.95 Å². The molecule has 1 N–H and O–H groups in total. The SMILES string of the molecule is CCNc1ncc(C)c(-c2cc3cc(C)ccc3o2)n1. The zero-order valence-corrected chi connectivity index (χ0v) is 11.9. The average Bonchev–Trinajstić information content (AvgIpc) is 2.84. The monoisotopic (exact) mass is 267 g/mol. The van der Waals surface area contributed by atoms with Crippen molar-refractivity contribution in [2.24, 2.45) is 0 Å². The number of aromatic nitrogens is 2. The van der Waals surface area contributed by atoms with Gasteiger partial charge >= 0.3 is 0 Å². The summed E-state index contributed by atoms with van der Waals surface area (Å²) in [6.45, 7) is 6.88. The largest absolute Gasteiger partial charge is 0.454 e. The standard InChI is InChI=1S/C16H17N3O/c1-4-17-16-18-9-11(3)15(19-16)14-8-12-7-10(2)5-6-13(12)20-14/h5-9H,4H2,1-3H3,(H,17,18,19). The van der Waals surface area contributed by atoms with E-state index in [0.29, 0.717) is 5.95 Å². The summed E-state index contributed by atoms with van der Waals surface area (Å²) in [7, 11) is 0. The molecule has 20 heavy (non-hydrogen) atoms. The Hall–Kier alpha value is -2.36. The van der Waals surface area contributed by atoms with Crippen molar-refractivity contribution in [1.82, 2.24) is 9.97 Å². The van der Waals surface area contributed by atoms with Crippen LogP contribution < -0.4 is 5.32 Å². The molecule has 0 unspecified atom stereocenters. The van der Waals surface area contributed by atoms with E-state index in [1.54, 1.807) is 0 Å². The van der Waals surface area contributed by atoms with E-state index in [1.165, 1.54) is 5.56 Å². The molecule has 0 saturated heterocycles. The molecule has 0 aliphatic rings. The Morgan fingerprint density at radius 3 is 2.85 bits per heavy atom. The number of hydrogen-bond donors (Lipinski definition) is 1. The van der Waals surface area contributed by atoms with Gasteiger partial charge < -0.3 is 9.73 Å². The third-order valence-corrected chi connectivity index (χ3v) is 3.21. The van der Waals surface area contributed by atoms with E-state index < -0.39 is 0 Å². The quantitative estimate of drug-likeness (QED) is 0.781. The number of hydrogen-bond acceptors (Lipinski definition) is 4. The molecule has 0 aliphatic carbocycles. The molecule has 0 atom stereocenters. The van der Waals surface area contributed by atoms with Crippen molar-refractivity contribution in [2.45, 2.75) is 20.8 Å². The topological polar surface area (TPSA) is 51.0 Å². The van der Waals surface area contributed by atoms with Crippen LogP contribution in [-0.4, -0.2) is 16.5 Å². The molecule has 4 heteroatoms. The van der Waals surface area contributed by atoms with Crippen LogP contribution in [0.5, 0.6) is 0 Å². The van der Waals surface area contributed by atoms with E-state index in [4.69, 9.17) is 4.42 Å². The van der Waals surface area contributed by atoms with Crippen molar-refractivity contribution in [2.75, 3.05) is 11.9 Å². The minimum Gasteiger partial charge on any atom is -0.454 e. The summed E-state index contributed by atoms with van der Waals surface area (Å²) in [5.41, 5.74) is 3.94. The summed E-state index contributed by atoms with van der Waals surface area (Å²) in [5.74, 6) is 1.41. The normalized spacial score (nSPS) is 10.9. The highest BCUT2D eigenvalue weighted by Crippen LogP contribution is 2.29. The fraction of sp³-hybridized carbons (Fsp3) is 0.250. The highest BCUT2D eigenvalue weighted by atomic mass is 16.3. The van der Waals surface area contributed by atoms with Gasteiger partial charge in [-0.1, -0.05) is 11.6 Å². The number of benzene rings is 1. The molecule has 0 saturated carbocycles. The molecule has 102 valence electrons. The molecule has 0 aliphatic heterocycles. The van der Waals surface area contributed by atoms with E-state index in [0.717, 1.165) is 34.5 Å². The lowest BCUT2D eigenvalue weighted by Gasteiger charge is -2.05. The number of nitrogens with one attached hydrogen (secondary N) is 1. The minimum absolute atomic E-state index is 0.629. The molecule has 0 spiro atoms. The van der Waals surface area contributed by atoms with Crippen LogP contribution in [0, 0.1) is 13.8 Å². The maximum Gasteiger partial charge on any atom is 0.223 e. The van der Waals surface area contributed by atoms with E-state index >= 15 is 0 Å². The number of anilines is 1. The first-order valence-corrected chi connectivity index (χ1v) is 6.75. The molecule has 2 aromatic heterocycles. The Kier molecular flexibility index (Phi) is 3.14. The van der Waals surface area contributed by atoms with Gasteiger partial charge in [-0.15, -0.1) is 0 Å². The summed E-state index contributed by atoms with van der Waals surface area (Å²) >= 11 is 0. The Morgan fingerprint density at radius 2 is 2.05 bits per heavy atom. The van der Waals surface area contributed by atoms with Gasteiger partial charge in [-0.05, 0) is 44.5 Å². The molecule has 1 aromatic carbocycles. The van der Waals surface area contributed by atoms with Crippen molar-refractivity contribution in [1.29, 1.82) is 0 Å². The van der Waals surface area contributed by atoms with Crippen molar-refractivity contribution >= 4 is 16.9 Å². The first kappa shape index (κ1) is 12.7. The van der Waals surface area contributed by atoms with Crippen molar-refractivity contribution in [3.63, 3.8) is 0 Å². The lowest BCUT2D eigenvalue weighted by molar-refractivity contribution is 0.627. The number of furan rings is 1. The molecule has 0 radical (unpaired) electrons. The van der Waals surface area contributed by atoms with Crippen molar-refractivity contribution in [3.8, 4) is 11.5 Å². The predicted molar refractivity (Wildman–Crippen MR) is 80.9 cm³/mol. The molecule has 2 heterocycles. The highest BCUT2D eigenvalue weighted by molar-refractivity contribution is 5.83. The van der Waals surface area contributed by atoms with Gasteiger partial charge in [0.25, 0.3) is 0 Å². The zero-order valence-electron chi connectivity index (χ0n) is 11.9. The van der Waals surface area contributed by atoms with Crippen molar-refractivity contribution in [3.05, 3.63) is 41.6 Å². The van der Waals surface area contributed by atoms with Gasteiger partial charge in [0.1, 0.15) is 11.3 Å². The van der Waals surface area contributed by atoms with Crippen LogP contribution in [0.25, 0.3) is 22.4 Å². The predicted octanol–water partition coefficient (Wildman–Crippen LogP) is 3.94. The Bertz CT molecular complexity index is 762. The summed E-state index contributed by atoms with van der Waals surface area (Å²) < 4.78 is 5.90. The molecular formula is C16H17N3O. The second kappa shape index (κ2) is 4.96. The number of fused-ring (bicyclic) bond motifs is 1. The van der Waals surface area contributed by atoms with Crippen LogP contribution >= 0.6 is 0 Å². The lowest BCUT2D eigenvalue weighted by atomic mass is 10.1. The lowest BCUT2D eigenvalue weighted by Crippen LogP contribution is -2.03. The molecule has 4 nitrogen and oxygen atoms in total. The van der Waals surface area contributed by atoms with Crippen LogP contribution in [-0.2, 0) is 0 Å². The zero-order chi connectivity index (χ0) is 14.1. The first-order chi connectivity index (χ1) is 9.67. The molecule has 0 amide bonds. The van der Waals surface area contributed by atoms with E-state index in [9.17, 15) is 0 Å². The Labute approximate surface area is 117 Å². The molecular weight excluding hydrogens is 250 g/mol. The third-order valence-electron chi connectivity index (χ3n) is 3.21. The summed E-state index contributed by atoms with van der Waals surface area (Å²) in [6, 6.07) is 8.19. The van der Waals surface area contributed by atoms with Crippen LogP contribution in [0.2, 0.25) is 0 Å². The van der Waals surface area contributed by atoms with E-state index in [2.05, 4.69) is 28.3 Å². The highest BCUT2D eigenvalue weighted by Gasteiger charge is 2.11. The van der Waals surface area contributed by atoms with Gasteiger partial charge in [-0.25, -0.2) is 9.97 Å². The fourth-order valence-electron chi connectivity index (χ4n) is 2.21. The Balaban J connectivity index is 2.12.